The highest BCUT2D eigenvalue weighted by Crippen LogP contribution is 2.20. The van der Waals surface area contributed by atoms with Crippen molar-refractivity contribution >= 4 is 10.0 Å². The zero-order chi connectivity index (χ0) is 16.2. The molecule has 0 aliphatic rings. The van der Waals surface area contributed by atoms with Gasteiger partial charge in [0.2, 0.25) is 10.0 Å². The second-order valence-electron chi connectivity index (χ2n) is 4.68. The molecule has 0 saturated heterocycles. The Labute approximate surface area is 128 Å². The van der Waals surface area contributed by atoms with Gasteiger partial charge in [-0.15, -0.1) is 0 Å². The van der Waals surface area contributed by atoms with Gasteiger partial charge in [-0.25, -0.2) is 17.2 Å². The van der Waals surface area contributed by atoms with E-state index >= 15 is 0 Å². The van der Waals surface area contributed by atoms with Gasteiger partial charge in [0.05, 0.1) is 0 Å². The van der Waals surface area contributed by atoms with Crippen LogP contribution in [0.5, 0.6) is 0 Å². The normalized spacial score (nSPS) is 11.8. The zero-order valence-electron chi connectivity index (χ0n) is 12.0. The molecule has 1 aromatic carbocycles. The molecule has 0 aliphatic heterocycles. The van der Waals surface area contributed by atoms with Gasteiger partial charge in [-0.2, -0.15) is 4.31 Å². The van der Waals surface area contributed by atoms with Crippen molar-refractivity contribution in [3.05, 3.63) is 59.9 Å². The molecule has 0 spiro atoms. The number of benzene rings is 1. The third kappa shape index (κ3) is 3.66. The van der Waals surface area contributed by atoms with Crippen LogP contribution in [-0.2, 0) is 16.4 Å². The number of rotatable bonds is 6. The smallest absolute Gasteiger partial charge is 0.245 e. The number of hydrogen-bond acceptors (Lipinski definition) is 3. The van der Waals surface area contributed by atoms with E-state index in [9.17, 15) is 17.2 Å². The second kappa shape index (κ2) is 6.93. The van der Waals surface area contributed by atoms with E-state index < -0.39 is 26.6 Å². The summed E-state index contributed by atoms with van der Waals surface area (Å²) in [6.45, 7) is 2.08. The molecule has 0 atom stereocenters. The molecule has 0 saturated carbocycles. The Morgan fingerprint density at radius 1 is 1.14 bits per heavy atom. The lowest BCUT2D eigenvalue weighted by molar-refractivity contribution is 0.426. The summed E-state index contributed by atoms with van der Waals surface area (Å²) in [7, 11) is -3.99. The number of likely N-dealkylation sites (N-methyl/N-ethyl adjacent to an activating group) is 1. The molecule has 7 heteroatoms. The number of nitrogens with zero attached hydrogens (tertiary/aromatic N) is 2. The first-order valence-corrected chi connectivity index (χ1v) is 8.23. The molecule has 0 amide bonds. The van der Waals surface area contributed by atoms with E-state index in [1.807, 2.05) is 0 Å². The van der Waals surface area contributed by atoms with Crippen molar-refractivity contribution in [3.8, 4) is 0 Å². The van der Waals surface area contributed by atoms with Crippen LogP contribution < -0.4 is 0 Å². The zero-order valence-corrected chi connectivity index (χ0v) is 12.9. The van der Waals surface area contributed by atoms with Gasteiger partial charge in [-0.05, 0) is 36.2 Å². The Kier molecular flexibility index (Phi) is 5.20. The lowest BCUT2D eigenvalue weighted by Crippen LogP contribution is -2.33. The molecule has 1 heterocycles. The van der Waals surface area contributed by atoms with Crippen molar-refractivity contribution in [1.29, 1.82) is 0 Å². The van der Waals surface area contributed by atoms with Crippen LogP contribution in [0.3, 0.4) is 0 Å². The second-order valence-corrected chi connectivity index (χ2v) is 6.58. The molecule has 22 heavy (non-hydrogen) atoms. The van der Waals surface area contributed by atoms with Gasteiger partial charge in [0.15, 0.2) is 0 Å². The molecule has 2 rings (SSSR count). The van der Waals surface area contributed by atoms with Crippen LogP contribution in [0, 0.1) is 11.6 Å². The molecule has 0 N–H and O–H groups in total. The summed E-state index contributed by atoms with van der Waals surface area (Å²) >= 11 is 0. The van der Waals surface area contributed by atoms with E-state index in [1.165, 1.54) is 4.31 Å². The van der Waals surface area contributed by atoms with Crippen LogP contribution >= 0.6 is 0 Å². The minimum Gasteiger partial charge on any atom is -0.265 e. The quantitative estimate of drug-likeness (QED) is 0.820. The lowest BCUT2D eigenvalue weighted by atomic mass is 10.2. The highest BCUT2D eigenvalue weighted by atomic mass is 32.2. The van der Waals surface area contributed by atoms with Gasteiger partial charge < -0.3 is 0 Å². The first-order valence-electron chi connectivity index (χ1n) is 6.79. The van der Waals surface area contributed by atoms with E-state index in [0.717, 1.165) is 17.7 Å². The van der Waals surface area contributed by atoms with Crippen LogP contribution in [0.25, 0.3) is 0 Å². The van der Waals surface area contributed by atoms with Crippen LogP contribution in [-0.4, -0.2) is 30.8 Å². The minimum atomic E-state index is -3.99. The van der Waals surface area contributed by atoms with E-state index in [-0.39, 0.29) is 13.1 Å². The highest BCUT2D eigenvalue weighted by Gasteiger charge is 2.26. The summed E-state index contributed by atoms with van der Waals surface area (Å²) < 4.78 is 52.8. The minimum absolute atomic E-state index is 0.199. The molecular weight excluding hydrogens is 310 g/mol. The van der Waals surface area contributed by atoms with Gasteiger partial charge in [-0.3, -0.25) is 4.98 Å². The summed E-state index contributed by atoms with van der Waals surface area (Å²) in [5.74, 6) is -1.89. The Bertz CT molecular complexity index is 736. The Morgan fingerprint density at radius 3 is 2.41 bits per heavy atom. The van der Waals surface area contributed by atoms with Crippen molar-refractivity contribution in [2.45, 2.75) is 18.2 Å². The average Bonchev–Trinajstić information content (AvgIpc) is 2.48. The predicted molar refractivity (Wildman–Crippen MR) is 78.7 cm³/mol. The summed E-state index contributed by atoms with van der Waals surface area (Å²) in [5.41, 5.74) is 0.934. The van der Waals surface area contributed by atoms with Crippen molar-refractivity contribution in [2.75, 3.05) is 13.1 Å². The molecule has 0 bridgehead atoms. The molecular formula is C15H16F2N2O2S. The highest BCUT2D eigenvalue weighted by molar-refractivity contribution is 7.89. The molecule has 0 unspecified atom stereocenters. The number of halogens is 2. The fraction of sp³-hybridized carbons (Fsp3) is 0.267. The fourth-order valence-electron chi connectivity index (χ4n) is 2.07. The lowest BCUT2D eigenvalue weighted by Gasteiger charge is -2.20. The molecule has 0 aliphatic carbocycles. The summed E-state index contributed by atoms with van der Waals surface area (Å²) in [6, 6.07) is 6.04. The largest absolute Gasteiger partial charge is 0.265 e. The van der Waals surface area contributed by atoms with Gasteiger partial charge in [0, 0.05) is 31.5 Å². The maximum atomic E-state index is 13.8. The van der Waals surface area contributed by atoms with Crippen LogP contribution in [0.4, 0.5) is 8.78 Å². The SMILES string of the molecule is CCN(CCc1ccncc1)S(=O)(=O)c1ccc(F)cc1F. The monoisotopic (exact) mass is 326 g/mol. The number of sulfonamides is 1. The van der Waals surface area contributed by atoms with Gasteiger partial charge in [0.25, 0.3) is 0 Å². The van der Waals surface area contributed by atoms with Gasteiger partial charge in [-0.1, -0.05) is 6.92 Å². The average molecular weight is 326 g/mol. The molecule has 118 valence electrons. The first-order chi connectivity index (χ1) is 10.4. The van der Waals surface area contributed by atoms with Crippen molar-refractivity contribution in [1.82, 2.24) is 9.29 Å². The van der Waals surface area contributed by atoms with E-state index in [2.05, 4.69) is 4.98 Å². The summed E-state index contributed by atoms with van der Waals surface area (Å²) in [6.07, 6.45) is 3.73. The van der Waals surface area contributed by atoms with Crippen molar-refractivity contribution in [2.24, 2.45) is 0 Å². The van der Waals surface area contributed by atoms with Gasteiger partial charge >= 0.3 is 0 Å². The molecule has 4 nitrogen and oxygen atoms in total. The van der Waals surface area contributed by atoms with Gasteiger partial charge in [0.1, 0.15) is 16.5 Å². The molecule has 1 aromatic heterocycles. The number of pyridine rings is 1. The topological polar surface area (TPSA) is 50.3 Å². The molecule has 0 radical (unpaired) electrons. The van der Waals surface area contributed by atoms with E-state index in [4.69, 9.17) is 0 Å². The Balaban J connectivity index is 2.21. The standard InChI is InChI=1S/C15H16F2N2O2S/c1-2-19(10-7-12-5-8-18-9-6-12)22(20,21)15-4-3-13(16)11-14(15)17/h3-6,8-9,11H,2,7,10H2,1H3. The Morgan fingerprint density at radius 2 is 1.82 bits per heavy atom. The molecule has 2 aromatic rings. The maximum Gasteiger partial charge on any atom is 0.245 e. The Hall–Kier alpha value is -1.86. The summed E-state index contributed by atoms with van der Waals surface area (Å²) in [4.78, 5) is 3.38. The number of hydrogen-bond donors (Lipinski definition) is 0. The summed E-state index contributed by atoms with van der Waals surface area (Å²) in [5, 5.41) is 0. The third-order valence-electron chi connectivity index (χ3n) is 3.26. The van der Waals surface area contributed by atoms with Crippen LogP contribution in [0.15, 0.2) is 47.6 Å². The molecule has 0 fully saturated rings. The van der Waals surface area contributed by atoms with E-state index in [0.29, 0.717) is 12.5 Å². The predicted octanol–water partition coefficient (Wildman–Crippen LogP) is 2.61. The maximum absolute atomic E-state index is 13.8. The fourth-order valence-corrected chi connectivity index (χ4v) is 3.57. The third-order valence-corrected chi connectivity index (χ3v) is 5.27. The number of aromatic nitrogens is 1. The van der Waals surface area contributed by atoms with Crippen molar-refractivity contribution < 1.29 is 17.2 Å². The first kappa shape index (κ1) is 16.5. The van der Waals surface area contributed by atoms with Crippen LogP contribution in [0.1, 0.15) is 12.5 Å². The van der Waals surface area contributed by atoms with E-state index in [1.54, 1.807) is 31.5 Å². The van der Waals surface area contributed by atoms with Crippen LogP contribution in [0.2, 0.25) is 0 Å². The van der Waals surface area contributed by atoms with Crippen molar-refractivity contribution in [3.63, 3.8) is 0 Å².